The number of aliphatic hydroxyl groups excluding tert-OH is 1. The summed E-state index contributed by atoms with van der Waals surface area (Å²) in [7, 11) is 0. The summed E-state index contributed by atoms with van der Waals surface area (Å²) in [6.07, 6.45) is 2.89. The number of aliphatic hydroxyl groups is 1. The number of carbonyl (C=O) groups excluding carboxylic acids is 1. The highest BCUT2D eigenvalue weighted by atomic mass is 32.2. The Labute approximate surface area is 130 Å². The van der Waals surface area contributed by atoms with Crippen LogP contribution < -0.4 is 5.32 Å². The fourth-order valence-electron chi connectivity index (χ4n) is 2.27. The average Bonchev–Trinajstić information content (AvgIpc) is 3.00. The Hall–Kier alpha value is -1.44. The Balaban J connectivity index is 2.01. The standard InChI is InChI=1S/C17H21NO2S/c1-13-7-8-14(5-2-3-9-19)11-16(13)17(20)18-12-15-6-4-10-21-15/h7-8,11,15,19H,3-4,6,9-10,12H2,1H3,(H,18,20). The van der Waals surface area contributed by atoms with Crippen LogP contribution in [0.2, 0.25) is 0 Å². The first-order chi connectivity index (χ1) is 10.2. The number of nitrogens with one attached hydrogen (secondary N) is 1. The van der Waals surface area contributed by atoms with Gasteiger partial charge >= 0.3 is 0 Å². The van der Waals surface area contributed by atoms with E-state index in [0.717, 1.165) is 17.7 Å². The molecular weight excluding hydrogens is 282 g/mol. The van der Waals surface area contributed by atoms with E-state index in [1.54, 1.807) is 0 Å². The van der Waals surface area contributed by atoms with Crippen LogP contribution >= 0.6 is 11.8 Å². The molecule has 0 aliphatic carbocycles. The van der Waals surface area contributed by atoms with Crippen molar-refractivity contribution in [3.8, 4) is 11.8 Å². The molecule has 3 nitrogen and oxygen atoms in total. The molecule has 1 heterocycles. The molecule has 2 rings (SSSR count). The van der Waals surface area contributed by atoms with Crippen molar-refractivity contribution in [1.29, 1.82) is 0 Å². The summed E-state index contributed by atoms with van der Waals surface area (Å²) in [5, 5.41) is 12.3. The van der Waals surface area contributed by atoms with E-state index in [9.17, 15) is 4.79 Å². The van der Waals surface area contributed by atoms with Crippen molar-refractivity contribution in [3.05, 3.63) is 34.9 Å². The predicted octanol–water partition coefficient (Wildman–Crippen LogP) is 2.35. The first-order valence-electron chi connectivity index (χ1n) is 7.31. The maximum absolute atomic E-state index is 12.3. The smallest absolute Gasteiger partial charge is 0.251 e. The van der Waals surface area contributed by atoms with Crippen molar-refractivity contribution < 1.29 is 9.90 Å². The molecule has 1 aliphatic rings. The fraction of sp³-hybridized carbons (Fsp3) is 0.471. The quantitative estimate of drug-likeness (QED) is 0.840. The summed E-state index contributed by atoms with van der Waals surface area (Å²) in [4.78, 5) is 12.3. The van der Waals surface area contributed by atoms with E-state index in [1.165, 1.54) is 18.6 Å². The van der Waals surface area contributed by atoms with Gasteiger partial charge in [-0.1, -0.05) is 17.9 Å². The van der Waals surface area contributed by atoms with Crippen molar-refractivity contribution in [2.75, 3.05) is 18.9 Å². The normalized spacial score (nSPS) is 17.1. The molecule has 21 heavy (non-hydrogen) atoms. The highest BCUT2D eigenvalue weighted by Crippen LogP contribution is 2.25. The molecule has 1 aliphatic heterocycles. The molecule has 1 fully saturated rings. The molecule has 0 aromatic heterocycles. The predicted molar refractivity (Wildman–Crippen MR) is 87.6 cm³/mol. The van der Waals surface area contributed by atoms with Gasteiger partial charge in [-0.15, -0.1) is 0 Å². The monoisotopic (exact) mass is 303 g/mol. The first-order valence-corrected chi connectivity index (χ1v) is 8.36. The maximum Gasteiger partial charge on any atom is 0.251 e. The molecule has 1 amide bonds. The number of benzene rings is 1. The van der Waals surface area contributed by atoms with Crippen molar-refractivity contribution in [3.63, 3.8) is 0 Å². The summed E-state index contributed by atoms with van der Waals surface area (Å²) in [6.45, 7) is 2.73. The molecule has 0 radical (unpaired) electrons. The summed E-state index contributed by atoms with van der Waals surface area (Å²) in [5.74, 6) is 7.03. The van der Waals surface area contributed by atoms with Gasteiger partial charge in [0, 0.05) is 29.3 Å². The number of hydrogen-bond acceptors (Lipinski definition) is 3. The Morgan fingerprint density at radius 1 is 1.52 bits per heavy atom. The molecule has 112 valence electrons. The molecule has 2 N–H and O–H groups in total. The van der Waals surface area contributed by atoms with Crippen molar-refractivity contribution >= 4 is 17.7 Å². The van der Waals surface area contributed by atoms with Crippen molar-refractivity contribution in [2.24, 2.45) is 0 Å². The largest absolute Gasteiger partial charge is 0.395 e. The molecule has 0 bridgehead atoms. The van der Waals surface area contributed by atoms with Crippen LogP contribution in [-0.4, -0.2) is 35.2 Å². The van der Waals surface area contributed by atoms with Gasteiger partial charge in [-0.3, -0.25) is 4.79 Å². The minimum absolute atomic E-state index is 0.0224. The molecule has 1 aromatic carbocycles. The van der Waals surface area contributed by atoms with E-state index in [2.05, 4.69) is 17.2 Å². The summed E-state index contributed by atoms with van der Waals surface area (Å²) in [6, 6.07) is 5.66. The second kappa shape index (κ2) is 8.11. The van der Waals surface area contributed by atoms with Crippen LogP contribution in [0.1, 0.15) is 40.7 Å². The Bertz CT molecular complexity index is 554. The lowest BCUT2D eigenvalue weighted by Gasteiger charge is -2.11. The lowest BCUT2D eigenvalue weighted by molar-refractivity contribution is 0.0953. The van der Waals surface area contributed by atoms with Crippen LogP contribution in [0.5, 0.6) is 0 Å². The molecule has 1 aromatic rings. The van der Waals surface area contributed by atoms with Crippen molar-refractivity contribution in [2.45, 2.75) is 31.4 Å². The molecule has 0 spiro atoms. The highest BCUT2D eigenvalue weighted by Gasteiger charge is 2.17. The van der Waals surface area contributed by atoms with Gasteiger partial charge < -0.3 is 10.4 Å². The van der Waals surface area contributed by atoms with Gasteiger partial charge in [0.25, 0.3) is 5.91 Å². The van der Waals surface area contributed by atoms with Gasteiger partial charge in [0.1, 0.15) is 0 Å². The molecule has 1 unspecified atom stereocenters. The average molecular weight is 303 g/mol. The number of aryl methyl sites for hydroxylation is 1. The zero-order valence-corrected chi connectivity index (χ0v) is 13.1. The van der Waals surface area contributed by atoms with E-state index in [4.69, 9.17) is 5.11 Å². The fourth-order valence-corrected chi connectivity index (χ4v) is 3.47. The van der Waals surface area contributed by atoms with Crippen LogP contribution in [0, 0.1) is 18.8 Å². The minimum Gasteiger partial charge on any atom is -0.395 e. The summed E-state index contributed by atoms with van der Waals surface area (Å²) in [5.41, 5.74) is 2.46. The van der Waals surface area contributed by atoms with Crippen molar-refractivity contribution in [1.82, 2.24) is 5.32 Å². The third-order valence-electron chi connectivity index (χ3n) is 3.47. The van der Waals surface area contributed by atoms with E-state index in [0.29, 0.717) is 17.2 Å². The number of amides is 1. The van der Waals surface area contributed by atoms with Gasteiger partial charge in [-0.2, -0.15) is 11.8 Å². The van der Waals surface area contributed by atoms with E-state index < -0.39 is 0 Å². The van der Waals surface area contributed by atoms with Crippen LogP contribution in [-0.2, 0) is 0 Å². The zero-order valence-electron chi connectivity index (χ0n) is 12.3. The first kappa shape index (κ1) is 15.9. The van der Waals surface area contributed by atoms with Crippen LogP contribution in [0.4, 0.5) is 0 Å². The van der Waals surface area contributed by atoms with E-state index in [1.807, 2.05) is 36.9 Å². The van der Waals surface area contributed by atoms with Crippen LogP contribution in [0.3, 0.4) is 0 Å². The SMILES string of the molecule is Cc1ccc(C#CCCO)cc1C(=O)NCC1CCCS1. The van der Waals surface area contributed by atoms with Gasteiger partial charge in [0.2, 0.25) is 0 Å². The molecule has 0 saturated carbocycles. The molecule has 1 atom stereocenters. The topological polar surface area (TPSA) is 49.3 Å². The number of carbonyl (C=O) groups is 1. The van der Waals surface area contributed by atoms with Crippen LogP contribution in [0.15, 0.2) is 18.2 Å². The summed E-state index contributed by atoms with van der Waals surface area (Å²) < 4.78 is 0. The number of hydrogen-bond donors (Lipinski definition) is 2. The molecule has 4 heteroatoms. The van der Waals surface area contributed by atoms with Gasteiger partial charge in [0.05, 0.1) is 6.61 Å². The van der Waals surface area contributed by atoms with Crippen LogP contribution in [0.25, 0.3) is 0 Å². The molecular formula is C17H21NO2S. The maximum atomic E-state index is 12.3. The van der Waals surface area contributed by atoms with Gasteiger partial charge in [-0.25, -0.2) is 0 Å². The summed E-state index contributed by atoms with van der Waals surface area (Å²) >= 11 is 1.94. The Morgan fingerprint density at radius 3 is 3.10 bits per heavy atom. The zero-order chi connectivity index (χ0) is 15.1. The lowest BCUT2D eigenvalue weighted by Crippen LogP contribution is -2.30. The Kier molecular flexibility index (Phi) is 6.16. The minimum atomic E-state index is -0.0224. The lowest BCUT2D eigenvalue weighted by atomic mass is 10.0. The Morgan fingerprint density at radius 2 is 2.38 bits per heavy atom. The molecule has 1 saturated heterocycles. The third-order valence-corrected chi connectivity index (χ3v) is 4.86. The second-order valence-corrected chi connectivity index (χ2v) is 6.56. The second-order valence-electron chi connectivity index (χ2n) is 5.15. The van der Waals surface area contributed by atoms with Gasteiger partial charge in [0.15, 0.2) is 0 Å². The highest BCUT2D eigenvalue weighted by molar-refractivity contribution is 8.00. The van der Waals surface area contributed by atoms with Gasteiger partial charge in [-0.05, 0) is 43.2 Å². The third kappa shape index (κ3) is 4.80. The number of thioether (sulfide) groups is 1. The number of rotatable bonds is 4. The van der Waals surface area contributed by atoms with E-state index >= 15 is 0 Å². The van der Waals surface area contributed by atoms with E-state index in [-0.39, 0.29) is 12.5 Å².